The molecule has 1 heterocycles. The van der Waals surface area contributed by atoms with Gasteiger partial charge in [0, 0.05) is 6.54 Å². The molecule has 5 nitrogen and oxygen atoms in total. The Morgan fingerprint density at radius 2 is 2.15 bits per heavy atom. The molecule has 0 saturated carbocycles. The Labute approximate surface area is 120 Å². The van der Waals surface area contributed by atoms with Gasteiger partial charge in [-0.05, 0) is 25.0 Å². The Morgan fingerprint density at radius 1 is 1.30 bits per heavy atom. The van der Waals surface area contributed by atoms with Crippen LogP contribution < -0.4 is 5.32 Å². The number of unbranched alkanes of at least 4 members (excludes halogenated alkanes) is 3. The van der Waals surface area contributed by atoms with Crippen molar-refractivity contribution < 1.29 is 13.9 Å². The van der Waals surface area contributed by atoms with Crippen LogP contribution in [-0.2, 0) is 4.74 Å². The zero-order valence-electron chi connectivity index (χ0n) is 12.4. The molecule has 0 aliphatic rings. The summed E-state index contributed by atoms with van der Waals surface area (Å²) >= 11 is 0. The summed E-state index contributed by atoms with van der Waals surface area (Å²) in [5, 5.41) is 2.64. The van der Waals surface area contributed by atoms with Crippen molar-refractivity contribution in [3.8, 4) is 0 Å². The standard InChI is InChI=1S/C15H24N2O3/c1-3-5-6-7-10-16-15(20-11-4-2)17-14(18)13-9-8-12-19-13/h8-9,12H,3-7,10-11H2,1-2H3,(H,16,17,18). The van der Waals surface area contributed by atoms with Crippen LogP contribution >= 0.6 is 0 Å². The fourth-order valence-electron chi connectivity index (χ4n) is 1.61. The first-order chi connectivity index (χ1) is 9.77. The van der Waals surface area contributed by atoms with Crippen LogP contribution in [0.15, 0.2) is 27.8 Å². The lowest BCUT2D eigenvalue weighted by molar-refractivity contribution is 0.0938. The van der Waals surface area contributed by atoms with E-state index in [1.165, 1.54) is 19.1 Å². The van der Waals surface area contributed by atoms with Gasteiger partial charge in [-0.1, -0.05) is 33.1 Å². The number of hydrogen-bond acceptors (Lipinski definition) is 4. The van der Waals surface area contributed by atoms with E-state index in [0.717, 1.165) is 19.3 Å². The van der Waals surface area contributed by atoms with Crippen molar-refractivity contribution in [1.82, 2.24) is 5.32 Å². The lowest BCUT2D eigenvalue weighted by atomic mass is 10.2. The van der Waals surface area contributed by atoms with E-state index in [1.54, 1.807) is 12.1 Å². The third-order valence-electron chi connectivity index (χ3n) is 2.68. The van der Waals surface area contributed by atoms with Crippen LogP contribution in [0.3, 0.4) is 0 Å². The lowest BCUT2D eigenvalue weighted by Crippen LogP contribution is -2.32. The molecule has 0 unspecified atom stereocenters. The molecule has 0 fully saturated rings. The van der Waals surface area contributed by atoms with Crippen molar-refractivity contribution in [2.24, 2.45) is 4.99 Å². The lowest BCUT2D eigenvalue weighted by Gasteiger charge is -2.09. The predicted octanol–water partition coefficient (Wildman–Crippen LogP) is 3.37. The summed E-state index contributed by atoms with van der Waals surface area (Å²) in [6.45, 7) is 5.37. The number of furan rings is 1. The predicted molar refractivity (Wildman–Crippen MR) is 78.9 cm³/mol. The van der Waals surface area contributed by atoms with E-state index >= 15 is 0 Å². The summed E-state index contributed by atoms with van der Waals surface area (Å²) in [5.74, 6) is -0.0813. The Bertz CT molecular complexity index is 399. The zero-order valence-corrected chi connectivity index (χ0v) is 12.4. The maximum atomic E-state index is 11.8. The Hall–Kier alpha value is -1.78. The first kappa shape index (κ1) is 16.3. The van der Waals surface area contributed by atoms with E-state index in [2.05, 4.69) is 17.2 Å². The molecule has 0 spiro atoms. The number of nitrogens with zero attached hydrogens (tertiary/aromatic N) is 1. The van der Waals surface area contributed by atoms with Crippen LogP contribution in [0, 0.1) is 0 Å². The van der Waals surface area contributed by atoms with E-state index < -0.39 is 0 Å². The van der Waals surface area contributed by atoms with Crippen LogP contribution in [0.1, 0.15) is 56.5 Å². The van der Waals surface area contributed by atoms with Gasteiger partial charge in [0.1, 0.15) is 0 Å². The van der Waals surface area contributed by atoms with Gasteiger partial charge in [0.25, 0.3) is 11.9 Å². The number of ether oxygens (including phenoxy) is 1. The molecule has 5 heteroatoms. The average Bonchev–Trinajstić information content (AvgIpc) is 2.98. The third kappa shape index (κ3) is 6.41. The first-order valence-corrected chi connectivity index (χ1v) is 7.30. The van der Waals surface area contributed by atoms with Crippen LogP contribution in [0.4, 0.5) is 0 Å². The molecule has 0 saturated heterocycles. The van der Waals surface area contributed by atoms with Crippen molar-refractivity contribution in [2.45, 2.75) is 46.0 Å². The normalized spacial score (nSPS) is 11.4. The van der Waals surface area contributed by atoms with Crippen molar-refractivity contribution in [1.29, 1.82) is 0 Å². The molecule has 0 aliphatic carbocycles. The number of aliphatic imine (C=N–C) groups is 1. The Balaban J connectivity index is 2.46. The van der Waals surface area contributed by atoms with E-state index in [4.69, 9.17) is 9.15 Å². The molecule has 0 aromatic carbocycles. The molecule has 1 aromatic heterocycles. The maximum absolute atomic E-state index is 11.8. The number of rotatable bonds is 8. The summed E-state index contributed by atoms with van der Waals surface area (Å²) in [6, 6.07) is 3.56. The van der Waals surface area contributed by atoms with Crippen molar-refractivity contribution in [3.05, 3.63) is 24.2 Å². The highest BCUT2D eigenvalue weighted by atomic mass is 16.5. The van der Waals surface area contributed by atoms with Crippen LogP contribution in [0.5, 0.6) is 0 Å². The first-order valence-electron chi connectivity index (χ1n) is 7.30. The molecule has 0 bridgehead atoms. The molecule has 0 atom stereocenters. The van der Waals surface area contributed by atoms with Gasteiger partial charge in [-0.3, -0.25) is 10.1 Å². The molecule has 0 aliphatic heterocycles. The fraction of sp³-hybridized carbons (Fsp3) is 0.600. The minimum Gasteiger partial charge on any atom is -0.465 e. The second-order valence-corrected chi connectivity index (χ2v) is 4.53. The van der Waals surface area contributed by atoms with E-state index in [1.807, 2.05) is 6.92 Å². The van der Waals surface area contributed by atoms with E-state index in [9.17, 15) is 4.79 Å². The summed E-state index contributed by atoms with van der Waals surface area (Å²) < 4.78 is 10.5. The highest BCUT2D eigenvalue weighted by Gasteiger charge is 2.11. The summed E-state index contributed by atoms with van der Waals surface area (Å²) in [6.07, 6.45) is 6.88. The molecular weight excluding hydrogens is 256 g/mol. The molecule has 1 aromatic rings. The van der Waals surface area contributed by atoms with Crippen LogP contribution in [0.2, 0.25) is 0 Å². The monoisotopic (exact) mass is 280 g/mol. The molecule has 1 rings (SSSR count). The van der Waals surface area contributed by atoms with Gasteiger partial charge < -0.3 is 9.15 Å². The number of carbonyl (C=O) groups excluding carboxylic acids is 1. The van der Waals surface area contributed by atoms with Gasteiger partial charge in [0.15, 0.2) is 5.76 Å². The van der Waals surface area contributed by atoms with Gasteiger partial charge in [0.2, 0.25) is 0 Å². The van der Waals surface area contributed by atoms with Crippen molar-refractivity contribution in [3.63, 3.8) is 0 Å². The van der Waals surface area contributed by atoms with Gasteiger partial charge in [-0.15, -0.1) is 0 Å². The number of amides is 1. The van der Waals surface area contributed by atoms with Gasteiger partial charge in [0.05, 0.1) is 12.9 Å². The highest BCUT2D eigenvalue weighted by Crippen LogP contribution is 2.01. The zero-order chi connectivity index (χ0) is 14.6. The number of carbonyl (C=O) groups is 1. The molecular formula is C15H24N2O3. The average molecular weight is 280 g/mol. The molecule has 112 valence electrons. The molecule has 20 heavy (non-hydrogen) atoms. The number of amidine groups is 1. The van der Waals surface area contributed by atoms with Crippen molar-refractivity contribution in [2.75, 3.05) is 13.2 Å². The Morgan fingerprint density at radius 3 is 2.80 bits per heavy atom. The highest BCUT2D eigenvalue weighted by molar-refractivity contribution is 6.02. The minimum absolute atomic E-state index is 0.254. The van der Waals surface area contributed by atoms with E-state index in [0.29, 0.717) is 13.2 Å². The van der Waals surface area contributed by atoms with Gasteiger partial charge in [-0.25, -0.2) is 4.99 Å². The summed E-state index contributed by atoms with van der Waals surface area (Å²) in [4.78, 5) is 16.2. The third-order valence-corrected chi connectivity index (χ3v) is 2.68. The second kappa shape index (κ2) is 10.1. The quantitative estimate of drug-likeness (QED) is 0.451. The number of nitrogens with one attached hydrogen (secondary N) is 1. The smallest absolute Gasteiger partial charge is 0.294 e. The van der Waals surface area contributed by atoms with Crippen LogP contribution in [-0.4, -0.2) is 25.1 Å². The maximum Gasteiger partial charge on any atom is 0.294 e. The number of hydrogen-bond donors (Lipinski definition) is 1. The van der Waals surface area contributed by atoms with Gasteiger partial charge >= 0.3 is 0 Å². The minimum atomic E-state index is -0.335. The van der Waals surface area contributed by atoms with Crippen molar-refractivity contribution >= 4 is 11.9 Å². The van der Waals surface area contributed by atoms with Crippen LogP contribution in [0.25, 0.3) is 0 Å². The molecule has 1 N–H and O–H groups in total. The summed E-state index contributed by atoms with van der Waals surface area (Å²) in [5.41, 5.74) is 0. The largest absolute Gasteiger partial charge is 0.465 e. The fourth-order valence-corrected chi connectivity index (χ4v) is 1.61. The second-order valence-electron chi connectivity index (χ2n) is 4.53. The van der Waals surface area contributed by atoms with Gasteiger partial charge in [-0.2, -0.15) is 0 Å². The SMILES string of the molecule is CCCCCCN=C(NC(=O)c1ccco1)OCCC. The van der Waals surface area contributed by atoms with E-state index in [-0.39, 0.29) is 17.7 Å². The molecule has 0 radical (unpaired) electrons. The summed E-state index contributed by atoms with van der Waals surface area (Å²) in [7, 11) is 0. The Kier molecular flexibility index (Phi) is 8.19. The molecule has 1 amide bonds. The topological polar surface area (TPSA) is 63.8 Å².